The van der Waals surface area contributed by atoms with Crippen LogP contribution in [0.3, 0.4) is 0 Å². The summed E-state index contributed by atoms with van der Waals surface area (Å²) in [5.41, 5.74) is 6.78. The number of halogens is 2. The Kier molecular flexibility index (Phi) is 5.87. The average molecular weight is 453 g/mol. The van der Waals surface area contributed by atoms with E-state index in [2.05, 4.69) is 28.4 Å². The maximum atomic E-state index is 14.7. The Balaban J connectivity index is 1.82. The first-order valence-electron chi connectivity index (χ1n) is 10.0. The lowest BCUT2D eigenvalue weighted by Gasteiger charge is -2.16. The molecule has 170 valence electrons. The first-order chi connectivity index (χ1) is 15.9. The molecule has 0 aromatic carbocycles. The molecule has 0 saturated carbocycles. The Morgan fingerprint density at radius 1 is 1.27 bits per heavy atom. The van der Waals surface area contributed by atoms with Crippen LogP contribution in [0.5, 0.6) is 11.8 Å². The van der Waals surface area contributed by atoms with Gasteiger partial charge in [-0.05, 0) is 18.6 Å². The molecule has 33 heavy (non-hydrogen) atoms. The van der Waals surface area contributed by atoms with Crippen LogP contribution in [0.25, 0.3) is 10.9 Å². The van der Waals surface area contributed by atoms with E-state index in [0.717, 1.165) is 11.9 Å². The van der Waals surface area contributed by atoms with Crippen molar-refractivity contribution < 1.29 is 23.0 Å². The molecule has 0 radical (unpaired) electrons. The molecule has 1 saturated heterocycles. The quantitative estimate of drug-likeness (QED) is 0.482. The van der Waals surface area contributed by atoms with Gasteiger partial charge in [-0.25, -0.2) is 4.98 Å². The molecule has 4 heterocycles. The van der Waals surface area contributed by atoms with Crippen LogP contribution in [0, 0.1) is 23.5 Å². The highest BCUT2D eigenvalue weighted by atomic mass is 19.1. The maximum absolute atomic E-state index is 14.7. The number of methoxy groups -OCH3 is 2. The number of pyridine rings is 2. The summed E-state index contributed by atoms with van der Waals surface area (Å²) in [6.07, 6.45) is 5.34. The topological polar surface area (TPSA) is 95.5 Å². The number of fused-ring (bicyclic) bond motifs is 1. The highest BCUT2D eigenvalue weighted by Crippen LogP contribution is 2.32. The molecule has 1 atom stereocenters. The van der Waals surface area contributed by atoms with E-state index in [9.17, 15) is 13.6 Å². The molecule has 10 heteroatoms. The number of carbonyl (C=O) groups is 1. The third kappa shape index (κ3) is 3.82. The molecular formula is C23H21F2N5O3. The Bertz CT molecular complexity index is 1300. The van der Waals surface area contributed by atoms with Crippen molar-refractivity contribution >= 4 is 22.6 Å². The lowest BCUT2D eigenvalue weighted by atomic mass is 10.1. The number of nitrogen functional groups attached to an aromatic ring is 1. The lowest BCUT2D eigenvalue weighted by molar-refractivity contribution is -0.125. The number of nitrogens with two attached hydrogens (primary N) is 1. The molecule has 1 aliphatic rings. The number of anilines is 1. The van der Waals surface area contributed by atoms with Crippen molar-refractivity contribution in [1.29, 1.82) is 0 Å². The summed E-state index contributed by atoms with van der Waals surface area (Å²) in [6, 6.07) is 1.76. The Labute approximate surface area is 188 Å². The van der Waals surface area contributed by atoms with Gasteiger partial charge in [0.05, 0.1) is 36.7 Å². The molecule has 3 aromatic heterocycles. The number of ether oxygens (including phenoxy) is 2. The molecule has 0 spiro atoms. The second kappa shape index (κ2) is 8.78. The molecule has 1 fully saturated rings. The number of nitrogens with zero attached hydrogens (tertiary/aromatic N) is 4. The van der Waals surface area contributed by atoms with Crippen LogP contribution in [0.15, 0.2) is 31.1 Å². The average Bonchev–Trinajstić information content (AvgIpc) is 3.44. The number of rotatable bonds is 4. The maximum Gasteiger partial charge on any atom is 0.254 e. The van der Waals surface area contributed by atoms with Crippen LogP contribution >= 0.6 is 0 Å². The minimum atomic E-state index is -1.03. The molecule has 1 amide bonds. The molecule has 1 aliphatic heterocycles. The third-order valence-electron chi connectivity index (χ3n) is 5.54. The summed E-state index contributed by atoms with van der Waals surface area (Å²) < 4.78 is 41.0. The predicted molar refractivity (Wildman–Crippen MR) is 118 cm³/mol. The second-order valence-electron chi connectivity index (χ2n) is 7.35. The highest BCUT2D eigenvalue weighted by molar-refractivity contribution is 5.95. The summed E-state index contributed by atoms with van der Waals surface area (Å²) in [6.45, 7) is 4.61. The van der Waals surface area contributed by atoms with Crippen molar-refractivity contribution in [2.45, 2.75) is 12.5 Å². The van der Waals surface area contributed by atoms with Gasteiger partial charge in [-0.15, -0.1) is 0 Å². The number of carbonyl (C=O) groups excluding carboxylic acids is 1. The van der Waals surface area contributed by atoms with Gasteiger partial charge in [0, 0.05) is 25.5 Å². The van der Waals surface area contributed by atoms with E-state index in [1.54, 1.807) is 23.4 Å². The van der Waals surface area contributed by atoms with Crippen molar-refractivity contribution in [3.63, 3.8) is 0 Å². The first kappa shape index (κ1) is 22.1. The van der Waals surface area contributed by atoms with Crippen LogP contribution in [0.1, 0.15) is 23.6 Å². The van der Waals surface area contributed by atoms with Crippen molar-refractivity contribution in [2.75, 3.05) is 33.0 Å². The van der Waals surface area contributed by atoms with Gasteiger partial charge in [0.1, 0.15) is 11.4 Å². The number of likely N-dealkylation sites (tertiary alicyclic amines) is 1. The Morgan fingerprint density at radius 2 is 1.97 bits per heavy atom. The van der Waals surface area contributed by atoms with Gasteiger partial charge in [0.2, 0.25) is 17.5 Å². The molecule has 3 aromatic rings. The molecule has 0 unspecified atom stereocenters. The zero-order valence-corrected chi connectivity index (χ0v) is 18.1. The predicted octanol–water partition coefficient (Wildman–Crippen LogP) is 2.67. The minimum Gasteiger partial charge on any atom is -0.479 e. The van der Waals surface area contributed by atoms with Crippen molar-refractivity contribution in [3.05, 3.63) is 53.9 Å². The van der Waals surface area contributed by atoms with Gasteiger partial charge in [0.25, 0.3) is 11.8 Å². The van der Waals surface area contributed by atoms with Crippen LogP contribution < -0.4 is 15.2 Å². The SMILES string of the molecule is C=CC(=O)N1CC[C@H](n2cc(C#Cc3c(F)c(OC)nc(OC)c3F)c3c(N)nccc32)C1. The van der Waals surface area contributed by atoms with E-state index in [4.69, 9.17) is 15.2 Å². The smallest absolute Gasteiger partial charge is 0.254 e. The molecule has 2 N–H and O–H groups in total. The van der Waals surface area contributed by atoms with Gasteiger partial charge in [-0.3, -0.25) is 4.79 Å². The molecule has 8 nitrogen and oxygen atoms in total. The van der Waals surface area contributed by atoms with Crippen molar-refractivity contribution in [3.8, 4) is 23.6 Å². The van der Waals surface area contributed by atoms with E-state index in [1.807, 2.05) is 4.57 Å². The second-order valence-corrected chi connectivity index (χ2v) is 7.35. The van der Waals surface area contributed by atoms with E-state index in [0.29, 0.717) is 24.0 Å². The first-order valence-corrected chi connectivity index (χ1v) is 10.0. The number of hydrogen-bond acceptors (Lipinski definition) is 6. The lowest BCUT2D eigenvalue weighted by Crippen LogP contribution is -2.27. The fourth-order valence-corrected chi connectivity index (χ4v) is 3.94. The van der Waals surface area contributed by atoms with Gasteiger partial charge in [-0.2, -0.15) is 13.8 Å². The molecule has 0 aliphatic carbocycles. The van der Waals surface area contributed by atoms with Crippen molar-refractivity contribution in [1.82, 2.24) is 19.4 Å². The fraction of sp³-hybridized carbons (Fsp3) is 0.261. The van der Waals surface area contributed by atoms with Gasteiger partial charge in [0.15, 0.2) is 0 Å². The molecule has 4 rings (SSSR count). The summed E-state index contributed by atoms with van der Waals surface area (Å²) in [5, 5.41) is 0.562. The Hall–Kier alpha value is -4.13. The van der Waals surface area contributed by atoms with Crippen LogP contribution in [-0.2, 0) is 4.79 Å². The van der Waals surface area contributed by atoms with Crippen LogP contribution in [-0.4, -0.2) is 52.7 Å². The summed E-state index contributed by atoms with van der Waals surface area (Å²) in [5.74, 6) is 2.51. The minimum absolute atomic E-state index is 0.0247. The van der Waals surface area contributed by atoms with Crippen LogP contribution in [0.2, 0.25) is 0 Å². The van der Waals surface area contributed by atoms with E-state index < -0.39 is 29.0 Å². The zero-order chi connectivity index (χ0) is 23.7. The highest BCUT2D eigenvalue weighted by Gasteiger charge is 2.28. The standard InChI is InChI=1S/C23H21F2N5O3/c1-4-17(31)29-10-8-14(12-29)30-11-13(18-16(30)7-9-27-21(18)26)5-6-15-19(24)22(32-2)28-23(33-3)20(15)25/h4,7,9,11,14H,1,8,10,12H2,2-3H3,(H2,26,27)/t14-/m0/s1. The normalized spacial score (nSPS) is 15.3. The number of aromatic nitrogens is 3. The number of hydrogen-bond donors (Lipinski definition) is 1. The Morgan fingerprint density at radius 3 is 2.61 bits per heavy atom. The monoisotopic (exact) mass is 453 g/mol. The number of amides is 1. The van der Waals surface area contributed by atoms with Gasteiger partial charge < -0.3 is 24.7 Å². The summed E-state index contributed by atoms with van der Waals surface area (Å²) in [4.78, 5) is 21.5. The van der Waals surface area contributed by atoms with E-state index >= 15 is 0 Å². The van der Waals surface area contributed by atoms with E-state index in [1.165, 1.54) is 20.3 Å². The van der Waals surface area contributed by atoms with Gasteiger partial charge in [-0.1, -0.05) is 18.4 Å². The van der Waals surface area contributed by atoms with Crippen molar-refractivity contribution in [2.24, 2.45) is 0 Å². The molecule has 0 bridgehead atoms. The van der Waals surface area contributed by atoms with E-state index in [-0.39, 0.29) is 17.8 Å². The van der Waals surface area contributed by atoms with Gasteiger partial charge >= 0.3 is 0 Å². The summed E-state index contributed by atoms with van der Waals surface area (Å²) >= 11 is 0. The largest absolute Gasteiger partial charge is 0.479 e. The molecular weight excluding hydrogens is 432 g/mol. The van der Waals surface area contributed by atoms with Crippen LogP contribution in [0.4, 0.5) is 14.6 Å². The summed E-state index contributed by atoms with van der Waals surface area (Å²) in [7, 11) is 2.42. The fourth-order valence-electron chi connectivity index (χ4n) is 3.94. The third-order valence-corrected chi connectivity index (χ3v) is 5.54. The zero-order valence-electron chi connectivity index (χ0n) is 18.1.